The smallest absolute Gasteiger partial charge is 0.257 e. The van der Waals surface area contributed by atoms with Gasteiger partial charge in [-0.15, -0.1) is 0 Å². The predicted molar refractivity (Wildman–Crippen MR) is 79.9 cm³/mol. The molecule has 0 fully saturated rings. The van der Waals surface area contributed by atoms with Crippen LogP contribution < -0.4 is 11.1 Å². The molecule has 0 atom stereocenters. The number of fused-ring (bicyclic) bond motifs is 1. The quantitative estimate of drug-likeness (QED) is 0.677. The van der Waals surface area contributed by atoms with Crippen molar-refractivity contribution in [2.24, 2.45) is 0 Å². The van der Waals surface area contributed by atoms with Crippen LogP contribution in [-0.2, 0) is 0 Å². The number of carbonyl (C=O) groups is 1. The normalized spacial score (nSPS) is 10.7. The molecule has 0 saturated heterocycles. The lowest BCUT2D eigenvalue weighted by Gasteiger charge is -2.06. The largest absolute Gasteiger partial charge is 0.382 e. The van der Waals surface area contributed by atoms with Crippen molar-refractivity contribution in [2.75, 3.05) is 11.1 Å². The third-order valence-corrected chi connectivity index (χ3v) is 3.30. The number of hydrogen-bond acceptors (Lipinski definition) is 3. The Morgan fingerprint density at radius 1 is 1.25 bits per heavy atom. The third kappa shape index (κ3) is 2.19. The number of anilines is 2. The molecule has 1 amide bonds. The number of hydrogen-bond donors (Lipinski definition) is 3. The lowest BCUT2D eigenvalue weighted by atomic mass is 10.2. The molecule has 0 saturated carbocycles. The highest BCUT2D eigenvalue weighted by molar-refractivity contribution is 6.34. The van der Waals surface area contributed by atoms with Gasteiger partial charge in [-0.2, -0.15) is 5.10 Å². The van der Waals surface area contributed by atoms with Crippen LogP contribution >= 0.6 is 11.6 Å². The van der Waals surface area contributed by atoms with E-state index < -0.39 is 0 Å². The first-order valence-electron chi connectivity index (χ1n) is 5.94. The van der Waals surface area contributed by atoms with Gasteiger partial charge < -0.3 is 11.1 Å². The summed E-state index contributed by atoms with van der Waals surface area (Å²) in [5.41, 5.74) is 7.61. The van der Waals surface area contributed by atoms with Gasteiger partial charge >= 0.3 is 0 Å². The van der Waals surface area contributed by atoms with Crippen molar-refractivity contribution < 1.29 is 4.79 Å². The zero-order valence-electron chi connectivity index (χ0n) is 10.4. The van der Waals surface area contributed by atoms with E-state index in [4.69, 9.17) is 17.3 Å². The van der Waals surface area contributed by atoms with E-state index in [1.807, 2.05) is 0 Å². The molecule has 3 rings (SSSR count). The number of nitrogens with one attached hydrogen (secondary N) is 2. The van der Waals surface area contributed by atoms with Crippen molar-refractivity contribution in [2.45, 2.75) is 0 Å². The highest BCUT2D eigenvalue weighted by Crippen LogP contribution is 2.23. The summed E-state index contributed by atoms with van der Waals surface area (Å²) in [7, 11) is 0. The number of benzene rings is 2. The zero-order valence-corrected chi connectivity index (χ0v) is 11.1. The first-order chi connectivity index (χ1) is 9.65. The van der Waals surface area contributed by atoms with Gasteiger partial charge in [-0.3, -0.25) is 9.89 Å². The Bertz CT molecular complexity index is 797. The molecule has 5 nitrogen and oxygen atoms in total. The van der Waals surface area contributed by atoms with E-state index in [1.54, 1.807) is 42.5 Å². The standard InChI is InChI=1S/C14H11ClN4O/c15-11-4-2-1-3-9(11)14(20)17-8-5-6-12-10(7-8)13(16)19-18-12/h1-7H,(H,17,20)(H3,16,18,19). The summed E-state index contributed by atoms with van der Waals surface area (Å²) in [6.45, 7) is 0. The van der Waals surface area contributed by atoms with Crippen LogP contribution in [0.15, 0.2) is 42.5 Å². The SMILES string of the molecule is Nc1n[nH]c2ccc(NC(=O)c3ccccc3Cl)cc12. The summed E-state index contributed by atoms with van der Waals surface area (Å²) >= 11 is 5.99. The van der Waals surface area contributed by atoms with Crippen LogP contribution in [0, 0.1) is 0 Å². The molecule has 0 aliphatic carbocycles. The van der Waals surface area contributed by atoms with Crippen molar-refractivity contribution in [3.05, 3.63) is 53.1 Å². The fraction of sp³-hybridized carbons (Fsp3) is 0. The van der Waals surface area contributed by atoms with Crippen LogP contribution in [0.1, 0.15) is 10.4 Å². The van der Waals surface area contributed by atoms with E-state index in [0.29, 0.717) is 22.1 Å². The number of H-pyrrole nitrogens is 1. The number of nitrogens with zero attached hydrogens (tertiary/aromatic N) is 1. The number of halogens is 1. The lowest BCUT2D eigenvalue weighted by Crippen LogP contribution is -2.12. The summed E-state index contributed by atoms with van der Waals surface area (Å²) in [5.74, 6) is 0.130. The van der Waals surface area contributed by atoms with Crippen LogP contribution in [0.25, 0.3) is 10.9 Å². The number of carbonyl (C=O) groups excluding carboxylic acids is 1. The topological polar surface area (TPSA) is 83.8 Å². The van der Waals surface area contributed by atoms with Gasteiger partial charge in [0.25, 0.3) is 5.91 Å². The first kappa shape index (κ1) is 12.5. The van der Waals surface area contributed by atoms with Crippen LogP contribution in [0.5, 0.6) is 0 Å². The van der Waals surface area contributed by atoms with Crippen molar-refractivity contribution in [3.8, 4) is 0 Å². The van der Waals surface area contributed by atoms with E-state index in [2.05, 4.69) is 15.5 Å². The van der Waals surface area contributed by atoms with E-state index >= 15 is 0 Å². The Morgan fingerprint density at radius 3 is 2.85 bits per heavy atom. The van der Waals surface area contributed by atoms with Gasteiger partial charge in [-0.25, -0.2) is 0 Å². The Balaban J connectivity index is 1.91. The molecule has 4 N–H and O–H groups in total. The minimum Gasteiger partial charge on any atom is -0.382 e. The van der Waals surface area contributed by atoms with Crippen LogP contribution in [0.3, 0.4) is 0 Å². The molecule has 2 aromatic carbocycles. The van der Waals surface area contributed by atoms with Gasteiger partial charge in [0.1, 0.15) is 0 Å². The molecule has 6 heteroatoms. The molecule has 0 radical (unpaired) electrons. The average molecular weight is 287 g/mol. The summed E-state index contributed by atoms with van der Waals surface area (Å²) < 4.78 is 0. The number of aromatic amines is 1. The zero-order chi connectivity index (χ0) is 14.1. The van der Waals surface area contributed by atoms with Crippen LogP contribution in [0.2, 0.25) is 5.02 Å². The molecule has 1 heterocycles. The second kappa shape index (κ2) is 4.86. The Kier molecular flexibility index (Phi) is 3.04. The molecular weight excluding hydrogens is 276 g/mol. The number of nitrogens with two attached hydrogens (primary N) is 1. The number of amides is 1. The van der Waals surface area contributed by atoms with Gasteiger partial charge in [0.15, 0.2) is 5.82 Å². The first-order valence-corrected chi connectivity index (χ1v) is 6.32. The Morgan fingerprint density at radius 2 is 2.05 bits per heavy atom. The van der Waals surface area contributed by atoms with Crippen molar-refractivity contribution in [1.29, 1.82) is 0 Å². The van der Waals surface area contributed by atoms with E-state index in [0.717, 1.165) is 10.9 Å². The molecule has 0 spiro atoms. The molecule has 0 aliphatic rings. The Labute approximate surface area is 119 Å². The highest BCUT2D eigenvalue weighted by atomic mass is 35.5. The number of rotatable bonds is 2. The molecule has 0 bridgehead atoms. The maximum absolute atomic E-state index is 12.1. The van der Waals surface area contributed by atoms with Crippen molar-refractivity contribution in [3.63, 3.8) is 0 Å². The molecule has 3 aromatic rings. The summed E-state index contributed by atoms with van der Waals surface area (Å²) in [6.07, 6.45) is 0. The average Bonchev–Trinajstić information content (AvgIpc) is 2.81. The highest BCUT2D eigenvalue weighted by Gasteiger charge is 2.10. The number of nitrogen functional groups attached to an aromatic ring is 1. The van der Waals surface area contributed by atoms with Crippen molar-refractivity contribution >= 4 is 39.9 Å². The second-order valence-corrected chi connectivity index (χ2v) is 4.71. The van der Waals surface area contributed by atoms with Gasteiger partial charge in [0, 0.05) is 11.1 Å². The molecule has 0 aliphatic heterocycles. The van der Waals surface area contributed by atoms with Crippen LogP contribution in [-0.4, -0.2) is 16.1 Å². The van der Waals surface area contributed by atoms with E-state index in [1.165, 1.54) is 0 Å². The minimum atomic E-state index is -0.267. The second-order valence-electron chi connectivity index (χ2n) is 4.30. The van der Waals surface area contributed by atoms with Gasteiger partial charge in [0.05, 0.1) is 16.1 Å². The fourth-order valence-corrected chi connectivity index (χ4v) is 2.18. The monoisotopic (exact) mass is 286 g/mol. The summed E-state index contributed by atoms with van der Waals surface area (Å²) in [6, 6.07) is 12.2. The molecule has 100 valence electrons. The number of aromatic nitrogens is 2. The van der Waals surface area contributed by atoms with Gasteiger partial charge in [0.2, 0.25) is 0 Å². The molecule has 20 heavy (non-hydrogen) atoms. The molecule has 0 unspecified atom stereocenters. The maximum Gasteiger partial charge on any atom is 0.257 e. The maximum atomic E-state index is 12.1. The van der Waals surface area contributed by atoms with Gasteiger partial charge in [-0.1, -0.05) is 23.7 Å². The predicted octanol–water partition coefficient (Wildman–Crippen LogP) is 3.05. The van der Waals surface area contributed by atoms with E-state index in [9.17, 15) is 4.79 Å². The minimum absolute atomic E-state index is 0.267. The van der Waals surface area contributed by atoms with E-state index in [-0.39, 0.29) is 5.91 Å². The summed E-state index contributed by atoms with van der Waals surface area (Å²) in [5, 5.41) is 10.7. The molecular formula is C14H11ClN4O. The lowest BCUT2D eigenvalue weighted by molar-refractivity contribution is 0.102. The van der Waals surface area contributed by atoms with Crippen molar-refractivity contribution in [1.82, 2.24) is 10.2 Å². The summed E-state index contributed by atoms with van der Waals surface area (Å²) in [4.78, 5) is 12.1. The fourth-order valence-electron chi connectivity index (χ4n) is 1.96. The Hall–Kier alpha value is -2.53. The third-order valence-electron chi connectivity index (χ3n) is 2.97. The molecule has 1 aromatic heterocycles. The van der Waals surface area contributed by atoms with Crippen LogP contribution in [0.4, 0.5) is 11.5 Å². The van der Waals surface area contributed by atoms with Gasteiger partial charge in [-0.05, 0) is 30.3 Å².